The van der Waals surface area contributed by atoms with E-state index in [1.807, 2.05) is 0 Å². The number of aliphatic hydroxyl groups excluding tert-OH is 1. The minimum atomic E-state index is -1.17. The molecule has 0 spiro atoms. The number of aliphatic hydroxyl groups is 1. The summed E-state index contributed by atoms with van der Waals surface area (Å²) >= 11 is 0. The molecule has 0 aromatic rings. The molecule has 2 rings (SSSR count). The number of piperidine rings is 2. The Kier molecular flexibility index (Phi) is 9.45. The summed E-state index contributed by atoms with van der Waals surface area (Å²) in [6.07, 6.45) is 4.09. The van der Waals surface area contributed by atoms with E-state index < -0.39 is 25.0 Å². The van der Waals surface area contributed by atoms with Crippen molar-refractivity contribution in [3.05, 3.63) is 0 Å². The number of hydrogen-bond donors (Lipinski definition) is 4. The highest BCUT2D eigenvalue weighted by Gasteiger charge is 2.24. The first-order valence-electron chi connectivity index (χ1n) is 9.95. The molecule has 0 atom stereocenters. The molecule has 0 saturated carbocycles. The van der Waals surface area contributed by atoms with Crippen LogP contribution in [0.4, 0.5) is 4.79 Å². The van der Waals surface area contributed by atoms with Gasteiger partial charge in [-0.05, 0) is 44.7 Å². The van der Waals surface area contributed by atoms with Crippen LogP contribution in [0.1, 0.15) is 25.7 Å². The third-order valence-corrected chi connectivity index (χ3v) is 5.23. The smallest absolute Gasteiger partial charge is 0.323 e. The van der Waals surface area contributed by atoms with Gasteiger partial charge in [-0.15, -0.1) is 0 Å². The molecule has 2 saturated heterocycles. The van der Waals surface area contributed by atoms with Gasteiger partial charge in [0, 0.05) is 32.8 Å². The lowest BCUT2D eigenvalue weighted by Gasteiger charge is -2.33. The van der Waals surface area contributed by atoms with Gasteiger partial charge in [-0.2, -0.15) is 0 Å². The normalized spacial score (nSPS) is 18.7. The summed E-state index contributed by atoms with van der Waals surface area (Å²) in [5.74, 6) is -1.22. The molecule has 2 aliphatic heterocycles. The molecule has 10 heteroatoms. The number of ether oxygens (including phenoxy) is 1. The fourth-order valence-electron chi connectivity index (χ4n) is 3.51. The number of likely N-dealkylation sites (tertiary alicyclic amines) is 1. The van der Waals surface area contributed by atoms with Gasteiger partial charge in [0.2, 0.25) is 5.91 Å². The van der Waals surface area contributed by atoms with Crippen molar-refractivity contribution >= 4 is 17.9 Å². The maximum atomic E-state index is 12.3. The molecular formula is C18H32N4O6. The van der Waals surface area contributed by atoms with Crippen molar-refractivity contribution in [2.75, 3.05) is 59.0 Å². The van der Waals surface area contributed by atoms with Crippen molar-refractivity contribution in [2.24, 2.45) is 5.92 Å². The zero-order valence-corrected chi connectivity index (χ0v) is 16.3. The quantitative estimate of drug-likeness (QED) is 0.394. The highest BCUT2D eigenvalue weighted by molar-refractivity contribution is 5.82. The largest absolute Gasteiger partial charge is 0.480 e. The Morgan fingerprint density at radius 1 is 1.14 bits per heavy atom. The number of carbonyl (C=O) groups excluding carboxylic acids is 2. The van der Waals surface area contributed by atoms with Crippen LogP contribution in [0.2, 0.25) is 0 Å². The molecule has 2 aliphatic rings. The SMILES string of the molecule is O=C(O)CN(CCNC(=O)N1CCC(OCC2CCNCC2)CC1)C(=O)CO. The first-order valence-corrected chi connectivity index (χ1v) is 9.95. The zero-order chi connectivity index (χ0) is 20.4. The van der Waals surface area contributed by atoms with Crippen LogP contribution >= 0.6 is 0 Å². The molecule has 0 aliphatic carbocycles. The molecule has 2 heterocycles. The summed E-state index contributed by atoms with van der Waals surface area (Å²) in [5.41, 5.74) is 0. The number of amides is 3. The van der Waals surface area contributed by atoms with Crippen molar-refractivity contribution in [3.8, 4) is 0 Å². The molecule has 0 radical (unpaired) electrons. The van der Waals surface area contributed by atoms with Gasteiger partial charge in [-0.1, -0.05) is 0 Å². The minimum Gasteiger partial charge on any atom is -0.480 e. The van der Waals surface area contributed by atoms with Gasteiger partial charge in [0.1, 0.15) is 13.2 Å². The highest BCUT2D eigenvalue weighted by Crippen LogP contribution is 2.18. The zero-order valence-electron chi connectivity index (χ0n) is 16.3. The van der Waals surface area contributed by atoms with Crippen LogP contribution < -0.4 is 10.6 Å². The van der Waals surface area contributed by atoms with Crippen LogP contribution in [0, 0.1) is 5.92 Å². The van der Waals surface area contributed by atoms with E-state index >= 15 is 0 Å². The average Bonchev–Trinajstić information content (AvgIpc) is 2.71. The van der Waals surface area contributed by atoms with E-state index in [0.29, 0.717) is 19.0 Å². The second-order valence-electron chi connectivity index (χ2n) is 7.31. The Morgan fingerprint density at radius 2 is 1.82 bits per heavy atom. The lowest BCUT2D eigenvalue weighted by molar-refractivity contribution is -0.145. The minimum absolute atomic E-state index is 0.0350. The standard InChI is InChI=1S/C18H32N4O6/c23-12-16(24)22(11-17(25)26)10-7-20-18(27)21-8-3-15(4-9-21)28-13-14-1-5-19-6-2-14/h14-15,19,23H,1-13H2,(H,20,27)(H,25,26). The number of carboxylic acid groups (broad SMARTS) is 1. The molecule has 28 heavy (non-hydrogen) atoms. The Balaban J connectivity index is 1.63. The van der Waals surface area contributed by atoms with Gasteiger partial charge in [0.25, 0.3) is 0 Å². The first kappa shape index (κ1) is 22.4. The van der Waals surface area contributed by atoms with Crippen LogP contribution in [0.15, 0.2) is 0 Å². The lowest BCUT2D eigenvalue weighted by Crippen LogP contribution is -2.48. The second-order valence-corrected chi connectivity index (χ2v) is 7.31. The third-order valence-electron chi connectivity index (χ3n) is 5.23. The maximum absolute atomic E-state index is 12.3. The molecule has 0 aromatic carbocycles. The van der Waals surface area contributed by atoms with E-state index in [1.165, 1.54) is 0 Å². The van der Waals surface area contributed by atoms with Gasteiger partial charge in [-0.25, -0.2) is 4.79 Å². The van der Waals surface area contributed by atoms with E-state index in [0.717, 1.165) is 50.3 Å². The summed E-state index contributed by atoms with van der Waals surface area (Å²) in [7, 11) is 0. The van der Waals surface area contributed by atoms with Crippen LogP contribution in [0.5, 0.6) is 0 Å². The van der Waals surface area contributed by atoms with Gasteiger partial charge in [-0.3, -0.25) is 9.59 Å². The van der Waals surface area contributed by atoms with Crippen molar-refractivity contribution in [1.82, 2.24) is 20.4 Å². The first-order chi connectivity index (χ1) is 13.5. The molecule has 3 amide bonds. The van der Waals surface area contributed by atoms with E-state index in [-0.39, 0.29) is 25.2 Å². The molecule has 160 valence electrons. The van der Waals surface area contributed by atoms with Crippen LogP contribution in [0.25, 0.3) is 0 Å². The Labute approximate surface area is 165 Å². The molecule has 2 fully saturated rings. The van der Waals surface area contributed by atoms with E-state index in [1.54, 1.807) is 4.90 Å². The summed E-state index contributed by atoms with van der Waals surface area (Å²) in [4.78, 5) is 37.2. The fraction of sp³-hybridized carbons (Fsp3) is 0.833. The average molecular weight is 400 g/mol. The molecule has 0 bridgehead atoms. The number of carbonyl (C=O) groups is 3. The molecule has 10 nitrogen and oxygen atoms in total. The highest BCUT2D eigenvalue weighted by atomic mass is 16.5. The van der Waals surface area contributed by atoms with E-state index in [4.69, 9.17) is 14.9 Å². The van der Waals surface area contributed by atoms with Crippen molar-refractivity contribution in [3.63, 3.8) is 0 Å². The van der Waals surface area contributed by atoms with Crippen molar-refractivity contribution in [2.45, 2.75) is 31.8 Å². The van der Waals surface area contributed by atoms with Crippen LogP contribution in [-0.4, -0.2) is 103 Å². The summed E-state index contributed by atoms with van der Waals surface area (Å²) < 4.78 is 6.03. The molecule has 0 unspecified atom stereocenters. The van der Waals surface area contributed by atoms with Crippen molar-refractivity contribution in [1.29, 1.82) is 0 Å². The molecule has 0 aromatic heterocycles. The summed E-state index contributed by atoms with van der Waals surface area (Å²) in [6, 6.07) is -0.233. The summed E-state index contributed by atoms with van der Waals surface area (Å²) in [5, 5.41) is 23.7. The fourth-order valence-corrected chi connectivity index (χ4v) is 3.51. The van der Waals surface area contributed by atoms with E-state index in [9.17, 15) is 14.4 Å². The Hall–Kier alpha value is -1.91. The number of urea groups is 1. The molecule has 4 N–H and O–H groups in total. The van der Waals surface area contributed by atoms with Crippen LogP contribution in [0.3, 0.4) is 0 Å². The summed E-state index contributed by atoms with van der Waals surface area (Å²) in [6.45, 7) is 3.02. The van der Waals surface area contributed by atoms with Gasteiger partial charge in [0.05, 0.1) is 6.10 Å². The number of hydrogen-bond acceptors (Lipinski definition) is 6. The third kappa shape index (κ3) is 7.61. The molecular weight excluding hydrogens is 368 g/mol. The predicted octanol–water partition coefficient (Wildman–Crippen LogP) is -0.918. The predicted molar refractivity (Wildman–Crippen MR) is 101 cm³/mol. The van der Waals surface area contributed by atoms with Gasteiger partial charge < -0.3 is 35.4 Å². The maximum Gasteiger partial charge on any atom is 0.323 e. The van der Waals surface area contributed by atoms with E-state index in [2.05, 4.69) is 10.6 Å². The van der Waals surface area contributed by atoms with Gasteiger partial charge in [0.15, 0.2) is 0 Å². The monoisotopic (exact) mass is 400 g/mol. The number of carboxylic acids is 1. The number of rotatable bonds is 9. The number of nitrogens with zero attached hydrogens (tertiary/aromatic N) is 2. The van der Waals surface area contributed by atoms with Crippen molar-refractivity contribution < 1.29 is 29.3 Å². The Bertz CT molecular complexity index is 518. The number of nitrogens with one attached hydrogen (secondary N) is 2. The Morgan fingerprint density at radius 3 is 2.43 bits per heavy atom. The van der Waals surface area contributed by atoms with Crippen LogP contribution in [-0.2, 0) is 14.3 Å². The number of aliphatic carboxylic acids is 1. The topological polar surface area (TPSA) is 131 Å². The lowest BCUT2D eigenvalue weighted by atomic mass is 9.99. The van der Waals surface area contributed by atoms with Gasteiger partial charge >= 0.3 is 12.0 Å². The second kappa shape index (κ2) is 11.8.